The lowest BCUT2D eigenvalue weighted by Gasteiger charge is -2.42. The van der Waals surface area contributed by atoms with Gasteiger partial charge in [-0.1, -0.05) is 103 Å². The summed E-state index contributed by atoms with van der Waals surface area (Å²) in [5.41, 5.74) is 3.54. The van der Waals surface area contributed by atoms with Crippen LogP contribution < -0.4 is 0 Å². The largest absolute Gasteiger partial charge is 0.336 e. The summed E-state index contributed by atoms with van der Waals surface area (Å²) in [6.45, 7) is 0.867. The molecule has 5 rings (SSSR count). The van der Waals surface area contributed by atoms with Crippen LogP contribution in [0.25, 0.3) is 6.08 Å². The lowest BCUT2D eigenvalue weighted by atomic mass is 9.79. The third-order valence-corrected chi connectivity index (χ3v) is 7.88. The van der Waals surface area contributed by atoms with Crippen molar-refractivity contribution in [2.24, 2.45) is 4.99 Å². The number of halogens is 1. The number of hydrogen-bond donors (Lipinski definition) is 0. The average molecular weight is 459 g/mol. The van der Waals surface area contributed by atoms with E-state index in [0.717, 1.165) is 22.4 Å². The summed E-state index contributed by atoms with van der Waals surface area (Å²) in [5.74, 6) is 0. The molecule has 2 fully saturated rings. The molecule has 1 heterocycles. The van der Waals surface area contributed by atoms with Crippen molar-refractivity contribution in [2.45, 2.75) is 44.2 Å². The van der Waals surface area contributed by atoms with Crippen molar-refractivity contribution in [2.75, 3.05) is 0 Å². The Bertz CT molecular complexity index is 1100. The van der Waals surface area contributed by atoms with Gasteiger partial charge in [-0.15, -0.1) is 0 Å². The number of thioether (sulfide) groups is 1. The molecule has 1 aliphatic heterocycles. The highest BCUT2D eigenvalue weighted by molar-refractivity contribution is 8.17. The van der Waals surface area contributed by atoms with Crippen molar-refractivity contribution >= 4 is 40.3 Å². The fourth-order valence-corrected chi connectivity index (χ4v) is 6.30. The van der Waals surface area contributed by atoms with Crippen LogP contribution in [0.4, 0.5) is 5.69 Å². The fourth-order valence-electron chi connectivity index (χ4n) is 4.78. The maximum atomic E-state index is 6.12. The molecule has 1 saturated carbocycles. The third kappa shape index (κ3) is 4.51. The van der Waals surface area contributed by atoms with E-state index in [2.05, 4.69) is 71.6 Å². The molecule has 0 unspecified atom stereocenters. The normalized spacial score (nSPS) is 20.3. The highest BCUT2D eigenvalue weighted by atomic mass is 35.5. The summed E-state index contributed by atoms with van der Waals surface area (Å²) < 4.78 is 0. The Morgan fingerprint density at radius 3 is 2.19 bits per heavy atom. The van der Waals surface area contributed by atoms with Crippen LogP contribution in [0.3, 0.4) is 0 Å². The molecule has 4 heteroatoms. The van der Waals surface area contributed by atoms with E-state index in [4.69, 9.17) is 16.6 Å². The molecular formula is C28H27ClN2S. The van der Waals surface area contributed by atoms with Gasteiger partial charge in [-0.2, -0.15) is 0 Å². The van der Waals surface area contributed by atoms with E-state index < -0.39 is 0 Å². The number of hydrogen-bond acceptors (Lipinski definition) is 2. The molecule has 2 aliphatic rings. The minimum Gasteiger partial charge on any atom is -0.336 e. The van der Waals surface area contributed by atoms with Crippen molar-refractivity contribution < 1.29 is 0 Å². The Morgan fingerprint density at radius 2 is 1.50 bits per heavy atom. The minimum absolute atomic E-state index is 0.0137. The van der Waals surface area contributed by atoms with Gasteiger partial charge >= 0.3 is 0 Å². The molecule has 0 aromatic heterocycles. The molecule has 1 spiro atoms. The molecule has 0 radical (unpaired) electrons. The lowest BCUT2D eigenvalue weighted by Crippen LogP contribution is -2.47. The smallest absolute Gasteiger partial charge is 0.170 e. The Morgan fingerprint density at radius 1 is 0.844 bits per heavy atom. The van der Waals surface area contributed by atoms with Gasteiger partial charge in [0, 0.05) is 16.5 Å². The van der Waals surface area contributed by atoms with Crippen LogP contribution in [0, 0.1) is 0 Å². The maximum Gasteiger partial charge on any atom is 0.170 e. The molecular weight excluding hydrogens is 432 g/mol. The van der Waals surface area contributed by atoms with E-state index in [1.54, 1.807) is 0 Å². The predicted molar refractivity (Wildman–Crippen MR) is 138 cm³/mol. The standard InChI is InChI=1S/C28H27ClN2S/c29-24-14-16-25(17-15-24)30-27-31(21-23-12-6-2-7-13-23)28(18-8-3-9-19-28)26(32-27)20-22-10-4-1-5-11-22/h1-2,4-7,10-17,20H,3,8-9,18-19,21H2/b26-20-,30-27?. The van der Waals surface area contributed by atoms with Crippen LogP contribution >= 0.6 is 23.4 Å². The van der Waals surface area contributed by atoms with Gasteiger partial charge in [0.25, 0.3) is 0 Å². The van der Waals surface area contributed by atoms with Gasteiger partial charge in [0.15, 0.2) is 5.17 Å². The first-order valence-electron chi connectivity index (χ1n) is 11.3. The number of amidine groups is 1. The zero-order valence-corrected chi connectivity index (χ0v) is 19.7. The average Bonchev–Trinajstić information content (AvgIpc) is 3.08. The molecule has 32 heavy (non-hydrogen) atoms. The first kappa shape index (κ1) is 21.4. The molecule has 0 N–H and O–H groups in total. The zero-order chi connectivity index (χ0) is 21.8. The minimum atomic E-state index is 0.0137. The monoisotopic (exact) mass is 458 g/mol. The summed E-state index contributed by atoms with van der Waals surface area (Å²) in [6.07, 6.45) is 8.56. The quantitative estimate of drug-likeness (QED) is 0.390. The van der Waals surface area contributed by atoms with Crippen LogP contribution in [0.5, 0.6) is 0 Å². The van der Waals surface area contributed by atoms with Gasteiger partial charge in [-0.25, -0.2) is 4.99 Å². The van der Waals surface area contributed by atoms with Crippen LogP contribution in [-0.2, 0) is 6.54 Å². The number of benzene rings is 3. The summed E-state index contributed by atoms with van der Waals surface area (Å²) in [5, 5.41) is 1.82. The van der Waals surface area contributed by atoms with Crippen LogP contribution in [0.2, 0.25) is 5.02 Å². The maximum absolute atomic E-state index is 6.12. The first-order valence-corrected chi connectivity index (χ1v) is 12.5. The third-order valence-electron chi connectivity index (χ3n) is 6.42. The second-order valence-electron chi connectivity index (χ2n) is 8.56. The topological polar surface area (TPSA) is 15.6 Å². The Hall–Kier alpha value is -2.49. The molecule has 1 aliphatic carbocycles. The zero-order valence-electron chi connectivity index (χ0n) is 18.1. The summed E-state index contributed by atoms with van der Waals surface area (Å²) >= 11 is 7.96. The number of nitrogens with zero attached hydrogens (tertiary/aromatic N) is 2. The summed E-state index contributed by atoms with van der Waals surface area (Å²) in [6, 6.07) is 29.3. The summed E-state index contributed by atoms with van der Waals surface area (Å²) in [4.78, 5) is 9.13. The summed E-state index contributed by atoms with van der Waals surface area (Å²) in [7, 11) is 0. The van der Waals surface area contributed by atoms with E-state index in [0.29, 0.717) is 0 Å². The van der Waals surface area contributed by atoms with Crippen molar-refractivity contribution in [3.63, 3.8) is 0 Å². The van der Waals surface area contributed by atoms with Crippen LogP contribution in [-0.4, -0.2) is 15.6 Å². The van der Waals surface area contributed by atoms with E-state index in [1.165, 1.54) is 48.1 Å². The van der Waals surface area contributed by atoms with Crippen molar-refractivity contribution in [1.82, 2.24) is 4.90 Å². The van der Waals surface area contributed by atoms with Gasteiger partial charge in [0.2, 0.25) is 0 Å². The Kier molecular flexibility index (Phi) is 6.38. The second kappa shape index (κ2) is 9.56. The first-order chi connectivity index (χ1) is 15.7. The highest BCUT2D eigenvalue weighted by Crippen LogP contribution is 2.53. The van der Waals surface area contributed by atoms with E-state index in [9.17, 15) is 0 Å². The Labute approximate surface area is 200 Å². The molecule has 0 atom stereocenters. The van der Waals surface area contributed by atoms with E-state index in [1.807, 2.05) is 36.0 Å². The predicted octanol–water partition coefficient (Wildman–Crippen LogP) is 8.32. The van der Waals surface area contributed by atoms with Gasteiger partial charge in [0.05, 0.1) is 11.2 Å². The highest BCUT2D eigenvalue weighted by Gasteiger charge is 2.49. The van der Waals surface area contributed by atoms with Gasteiger partial charge < -0.3 is 4.90 Å². The van der Waals surface area contributed by atoms with Crippen molar-refractivity contribution in [3.05, 3.63) is 106 Å². The van der Waals surface area contributed by atoms with Gasteiger partial charge in [-0.3, -0.25) is 0 Å². The number of aliphatic imine (C=N–C) groups is 1. The molecule has 0 amide bonds. The SMILES string of the molecule is Clc1ccc(N=C2S/C(=C\c3ccccc3)C3(CCCCC3)N2Cc2ccccc2)cc1. The fraction of sp³-hybridized carbons (Fsp3) is 0.250. The Balaban J connectivity index is 1.61. The van der Waals surface area contributed by atoms with Crippen molar-refractivity contribution in [3.8, 4) is 0 Å². The lowest BCUT2D eigenvalue weighted by molar-refractivity contribution is 0.166. The molecule has 2 nitrogen and oxygen atoms in total. The molecule has 0 bridgehead atoms. The van der Waals surface area contributed by atoms with Crippen molar-refractivity contribution in [1.29, 1.82) is 0 Å². The van der Waals surface area contributed by atoms with Crippen LogP contribution in [0.15, 0.2) is 94.8 Å². The van der Waals surface area contributed by atoms with Gasteiger partial charge in [0.1, 0.15) is 0 Å². The molecule has 1 saturated heterocycles. The molecule has 162 valence electrons. The van der Waals surface area contributed by atoms with E-state index >= 15 is 0 Å². The second-order valence-corrected chi connectivity index (χ2v) is 10.0. The molecule has 3 aromatic carbocycles. The van der Waals surface area contributed by atoms with Gasteiger partial charge in [-0.05, 0) is 54.3 Å². The van der Waals surface area contributed by atoms with E-state index in [-0.39, 0.29) is 5.54 Å². The van der Waals surface area contributed by atoms with Crippen LogP contribution in [0.1, 0.15) is 43.2 Å². The molecule has 3 aromatic rings. The number of rotatable bonds is 4.